The lowest BCUT2D eigenvalue weighted by molar-refractivity contribution is -0.122. The van der Waals surface area contributed by atoms with E-state index in [1.165, 1.54) is 32.1 Å². The minimum atomic E-state index is -0.319. The van der Waals surface area contributed by atoms with Crippen LogP contribution < -0.4 is 11.1 Å². The Hall–Kier alpha value is -2.10. The van der Waals surface area contributed by atoms with E-state index < -0.39 is 0 Å². The molecule has 0 bridgehead atoms. The number of para-hydroxylation sites is 1. The summed E-state index contributed by atoms with van der Waals surface area (Å²) in [5.41, 5.74) is 7.99. The third-order valence-electron chi connectivity index (χ3n) is 9.12. The molecule has 1 aromatic rings. The minimum Gasteiger partial charge on any atom is -0.398 e. The Balaban J connectivity index is 1.58. The molecule has 4 aliphatic rings. The van der Waals surface area contributed by atoms with Crippen molar-refractivity contribution in [2.24, 2.45) is 28.6 Å². The highest BCUT2D eigenvalue weighted by Gasteiger charge is 2.60. The highest BCUT2D eigenvalue weighted by Crippen LogP contribution is 2.64. The van der Waals surface area contributed by atoms with Crippen molar-refractivity contribution in [3.8, 4) is 0 Å². The standard InChI is InChI=1S/C25H32N2O2/c1-24-12-5-7-17(24)15-9-10-21-25(2,18(15)11-13-24)19(14-22(28)27-21)23(29)16-6-3-4-8-20(16)26/h3-4,6,8,14-15,17-18,21H,5,7,9-13,26H2,1-2H3,(H,27,28)/t15-,17-,18-,21+,24-,25-/m0/s1. The third-order valence-corrected chi connectivity index (χ3v) is 9.12. The number of hydrogen-bond donors (Lipinski definition) is 2. The van der Waals surface area contributed by atoms with Crippen molar-refractivity contribution in [3.05, 3.63) is 41.5 Å². The van der Waals surface area contributed by atoms with Crippen LogP contribution in [0.15, 0.2) is 35.9 Å². The van der Waals surface area contributed by atoms with Gasteiger partial charge >= 0.3 is 0 Å². The van der Waals surface area contributed by atoms with Crippen LogP contribution in [0.3, 0.4) is 0 Å². The number of hydrogen-bond acceptors (Lipinski definition) is 3. The van der Waals surface area contributed by atoms with E-state index in [0.717, 1.165) is 18.8 Å². The molecule has 3 N–H and O–H groups in total. The molecule has 3 fully saturated rings. The second-order valence-corrected chi connectivity index (χ2v) is 10.4. The molecule has 1 aliphatic heterocycles. The van der Waals surface area contributed by atoms with Gasteiger partial charge in [0.05, 0.1) is 0 Å². The van der Waals surface area contributed by atoms with Gasteiger partial charge in [-0.05, 0) is 73.8 Å². The predicted octanol–water partition coefficient (Wildman–Crippen LogP) is 4.51. The Labute approximate surface area is 173 Å². The predicted molar refractivity (Wildman–Crippen MR) is 114 cm³/mol. The number of ketones is 1. The summed E-state index contributed by atoms with van der Waals surface area (Å²) in [5, 5.41) is 3.21. The maximum Gasteiger partial charge on any atom is 0.244 e. The minimum absolute atomic E-state index is 0.0379. The smallest absolute Gasteiger partial charge is 0.244 e. The number of carbonyl (C=O) groups is 2. The van der Waals surface area contributed by atoms with Gasteiger partial charge in [0.15, 0.2) is 5.78 Å². The van der Waals surface area contributed by atoms with E-state index in [4.69, 9.17) is 5.73 Å². The van der Waals surface area contributed by atoms with Gasteiger partial charge in [-0.3, -0.25) is 9.59 Å². The van der Waals surface area contributed by atoms with Crippen molar-refractivity contribution in [2.45, 2.75) is 64.8 Å². The number of nitrogen functional groups attached to an aromatic ring is 1. The van der Waals surface area contributed by atoms with E-state index in [2.05, 4.69) is 19.2 Å². The lowest BCUT2D eigenvalue weighted by Gasteiger charge is -2.59. The fraction of sp³-hybridized carbons (Fsp3) is 0.600. The Morgan fingerprint density at radius 1 is 1.07 bits per heavy atom. The molecule has 29 heavy (non-hydrogen) atoms. The van der Waals surface area contributed by atoms with Crippen LogP contribution >= 0.6 is 0 Å². The van der Waals surface area contributed by atoms with E-state index in [0.29, 0.717) is 34.1 Å². The molecule has 3 aliphatic carbocycles. The Kier molecular flexibility index (Phi) is 4.20. The van der Waals surface area contributed by atoms with Gasteiger partial charge in [-0.1, -0.05) is 32.4 Å². The van der Waals surface area contributed by atoms with Crippen molar-refractivity contribution in [1.82, 2.24) is 5.32 Å². The zero-order valence-corrected chi connectivity index (χ0v) is 17.5. The van der Waals surface area contributed by atoms with Crippen molar-refractivity contribution < 1.29 is 9.59 Å². The number of Topliss-reactive ketones (excluding diaryl/α,β-unsaturated/α-hetero) is 1. The normalized spacial score (nSPS) is 40.9. The zero-order chi connectivity index (χ0) is 20.4. The van der Waals surface area contributed by atoms with E-state index in [9.17, 15) is 9.59 Å². The summed E-state index contributed by atoms with van der Waals surface area (Å²) in [7, 11) is 0. The molecule has 0 unspecified atom stereocenters. The van der Waals surface area contributed by atoms with Gasteiger partial charge in [0.25, 0.3) is 0 Å². The Morgan fingerprint density at radius 3 is 2.66 bits per heavy atom. The van der Waals surface area contributed by atoms with E-state index in [1.54, 1.807) is 18.2 Å². The second-order valence-electron chi connectivity index (χ2n) is 10.4. The third kappa shape index (κ3) is 2.64. The van der Waals surface area contributed by atoms with Gasteiger partial charge in [-0.15, -0.1) is 0 Å². The van der Waals surface area contributed by atoms with Crippen LogP contribution in [0, 0.1) is 28.6 Å². The maximum absolute atomic E-state index is 13.7. The maximum atomic E-state index is 13.7. The molecule has 1 aromatic carbocycles. The summed E-state index contributed by atoms with van der Waals surface area (Å²) >= 11 is 0. The fourth-order valence-corrected chi connectivity index (χ4v) is 7.61. The first-order valence-electron chi connectivity index (χ1n) is 11.3. The SMILES string of the molecule is C[C@@]12CCC[C@H]1[C@@H]1CC[C@H]3NC(=O)C=C(C(=O)c4ccccc4N)[C@]3(C)[C@H]1CC2. The monoisotopic (exact) mass is 392 g/mol. The molecule has 5 rings (SSSR count). The van der Waals surface area contributed by atoms with Gasteiger partial charge in [-0.2, -0.15) is 0 Å². The van der Waals surface area contributed by atoms with Gasteiger partial charge in [-0.25, -0.2) is 0 Å². The summed E-state index contributed by atoms with van der Waals surface area (Å²) in [4.78, 5) is 26.2. The van der Waals surface area contributed by atoms with E-state index in [1.807, 2.05) is 12.1 Å². The van der Waals surface area contributed by atoms with Crippen molar-refractivity contribution in [3.63, 3.8) is 0 Å². The molecule has 1 amide bonds. The number of fused-ring (bicyclic) bond motifs is 5. The van der Waals surface area contributed by atoms with Crippen molar-refractivity contribution >= 4 is 17.4 Å². The number of anilines is 1. The van der Waals surface area contributed by atoms with Gasteiger partial charge in [0.1, 0.15) is 0 Å². The lowest BCUT2D eigenvalue weighted by Crippen LogP contribution is -2.61. The summed E-state index contributed by atoms with van der Waals surface area (Å²) in [6.45, 7) is 4.74. The Morgan fingerprint density at radius 2 is 1.86 bits per heavy atom. The summed E-state index contributed by atoms with van der Waals surface area (Å²) in [6.07, 6.45) is 10.1. The molecule has 154 valence electrons. The molecular formula is C25H32N2O2. The molecule has 0 radical (unpaired) electrons. The topological polar surface area (TPSA) is 72.2 Å². The molecule has 4 nitrogen and oxygen atoms in total. The van der Waals surface area contributed by atoms with Crippen molar-refractivity contribution in [1.29, 1.82) is 0 Å². The average Bonchev–Trinajstić information content (AvgIpc) is 3.10. The summed E-state index contributed by atoms with van der Waals surface area (Å²) < 4.78 is 0. The van der Waals surface area contributed by atoms with Gasteiger partial charge in [0.2, 0.25) is 5.91 Å². The van der Waals surface area contributed by atoms with Crippen LogP contribution in [0.1, 0.15) is 69.2 Å². The lowest BCUT2D eigenvalue weighted by atomic mass is 9.46. The average molecular weight is 393 g/mol. The number of benzene rings is 1. The van der Waals surface area contributed by atoms with Gasteiger partial charge in [0, 0.05) is 34.4 Å². The molecule has 1 heterocycles. The van der Waals surface area contributed by atoms with E-state index in [-0.39, 0.29) is 23.1 Å². The molecule has 3 saturated carbocycles. The molecule has 6 atom stereocenters. The van der Waals surface area contributed by atoms with E-state index >= 15 is 0 Å². The van der Waals surface area contributed by atoms with Crippen LogP contribution in [0.2, 0.25) is 0 Å². The molecule has 0 spiro atoms. The molecule has 4 heteroatoms. The van der Waals surface area contributed by atoms with Crippen LogP contribution in [0.5, 0.6) is 0 Å². The summed E-state index contributed by atoms with van der Waals surface area (Å²) in [6, 6.07) is 7.29. The molecular weight excluding hydrogens is 360 g/mol. The fourth-order valence-electron chi connectivity index (χ4n) is 7.61. The highest BCUT2D eigenvalue weighted by molar-refractivity contribution is 6.15. The number of carbonyl (C=O) groups excluding carboxylic acids is 2. The molecule has 0 aromatic heterocycles. The summed E-state index contributed by atoms with van der Waals surface area (Å²) in [5.74, 6) is 1.65. The molecule has 0 saturated heterocycles. The first-order chi connectivity index (χ1) is 13.8. The van der Waals surface area contributed by atoms with Crippen LogP contribution in [0.4, 0.5) is 5.69 Å². The first kappa shape index (κ1) is 18.9. The number of nitrogens with two attached hydrogens (primary N) is 1. The van der Waals surface area contributed by atoms with Crippen LogP contribution in [0.25, 0.3) is 0 Å². The first-order valence-corrected chi connectivity index (χ1v) is 11.3. The van der Waals surface area contributed by atoms with Crippen LogP contribution in [-0.2, 0) is 4.79 Å². The van der Waals surface area contributed by atoms with Gasteiger partial charge < -0.3 is 11.1 Å². The quantitative estimate of drug-likeness (QED) is 0.575. The number of amides is 1. The second kappa shape index (κ2) is 6.45. The largest absolute Gasteiger partial charge is 0.398 e. The zero-order valence-electron chi connectivity index (χ0n) is 17.5. The van der Waals surface area contributed by atoms with Crippen molar-refractivity contribution in [2.75, 3.05) is 5.73 Å². The van der Waals surface area contributed by atoms with Crippen LogP contribution in [-0.4, -0.2) is 17.7 Å². The number of nitrogens with one attached hydrogen (secondary N) is 1. The number of rotatable bonds is 2. The highest BCUT2D eigenvalue weighted by atomic mass is 16.2. The Bertz CT molecular complexity index is 906.